The van der Waals surface area contributed by atoms with Crippen molar-refractivity contribution < 1.29 is 8.83 Å². The molecule has 1 N–H and O–H groups in total. The van der Waals surface area contributed by atoms with Gasteiger partial charge in [-0.15, -0.1) is 11.3 Å². The van der Waals surface area contributed by atoms with Crippen LogP contribution in [0.3, 0.4) is 0 Å². The molecule has 6 heteroatoms. The van der Waals surface area contributed by atoms with Gasteiger partial charge in [0.25, 0.3) is 0 Å². The SMILES string of the molecule is Cc1cc2c(cc1N1c3sc4ccccc4c3Bc3c(-c4cc5c(cc4Nc4ccc(C(C)(C)C)cc4)oc4ccccc45)cc4c(oc5ccccc54)c31)C(C)(C)CCC2(C)C. The van der Waals surface area contributed by atoms with Gasteiger partial charge in [0.15, 0.2) is 5.58 Å². The number of furan rings is 2. The topological polar surface area (TPSA) is 41.5 Å². The summed E-state index contributed by atoms with van der Waals surface area (Å²) < 4.78 is 15.0. The summed E-state index contributed by atoms with van der Waals surface area (Å²) in [5.41, 5.74) is 18.6. The third-order valence-corrected chi connectivity index (χ3v) is 15.7. The third-order valence-electron chi connectivity index (χ3n) is 14.5. The van der Waals surface area contributed by atoms with Crippen molar-refractivity contribution in [2.24, 2.45) is 0 Å². The van der Waals surface area contributed by atoms with Crippen LogP contribution in [0.2, 0.25) is 0 Å². The summed E-state index contributed by atoms with van der Waals surface area (Å²) in [6.45, 7) is 18.8. The van der Waals surface area contributed by atoms with E-state index in [1.807, 2.05) is 11.3 Å². The predicted octanol–water partition coefficient (Wildman–Crippen LogP) is 15.2. The van der Waals surface area contributed by atoms with Crippen LogP contribution in [0.25, 0.3) is 65.1 Å². The maximum absolute atomic E-state index is 7.12. The Bertz CT molecular complexity index is 3520. The smallest absolute Gasteiger partial charge is 0.200 e. The van der Waals surface area contributed by atoms with Crippen molar-refractivity contribution in [3.05, 3.63) is 150 Å². The van der Waals surface area contributed by atoms with Crippen LogP contribution >= 0.6 is 11.3 Å². The standard InChI is InChI=1S/C57H51BN2O2S/c1-32-27-42-43(57(7,8)26-25-56(42,5)6)30-45(32)60-52-50(58-51-37-17-11-14-20-49(37)63-54(51)60)40(29-41-36-16-10-13-19-47(36)62-53(41)52)38-28-39-35-15-9-12-18-46(35)61-48(39)31-44(38)59-34-23-21-33(22-24-34)55(2,3)4/h9-24,27-31,58-59H,25-26H2,1-8H3. The molecule has 63 heavy (non-hydrogen) atoms. The maximum atomic E-state index is 7.12. The summed E-state index contributed by atoms with van der Waals surface area (Å²) in [6, 6.07) is 46.9. The Kier molecular flexibility index (Phi) is 8.17. The molecular formula is C57H51BN2O2S. The molecule has 0 spiro atoms. The van der Waals surface area contributed by atoms with Gasteiger partial charge in [0.05, 0.1) is 22.1 Å². The van der Waals surface area contributed by atoms with E-state index in [0.717, 1.165) is 80.2 Å². The molecule has 0 amide bonds. The van der Waals surface area contributed by atoms with Crippen LogP contribution in [-0.4, -0.2) is 7.28 Å². The number of nitrogens with one attached hydrogen (secondary N) is 1. The van der Waals surface area contributed by atoms with Crippen LogP contribution in [0.5, 0.6) is 0 Å². The number of rotatable bonds is 4. The van der Waals surface area contributed by atoms with E-state index in [1.165, 1.54) is 65.9 Å². The molecule has 7 aromatic carbocycles. The fourth-order valence-electron chi connectivity index (χ4n) is 10.7. The fourth-order valence-corrected chi connectivity index (χ4v) is 12.0. The molecular weight excluding hydrogens is 788 g/mol. The van der Waals surface area contributed by atoms with Gasteiger partial charge in [-0.05, 0) is 129 Å². The number of aryl methyl sites for hydroxylation is 1. The fraction of sp³-hybridized carbons (Fsp3) is 0.228. The van der Waals surface area contributed by atoms with Crippen LogP contribution in [0, 0.1) is 6.92 Å². The van der Waals surface area contributed by atoms with Gasteiger partial charge >= 0.3 is 0 Å². The molecule has 4 heterocycles. The Hall–Kier alpha value is -6.24. The second kappa shape index (κ2) is 13.4. The van der Waals surface area contributed by atoms with Crippen molar-refractivity contribution in [2.75, 3.05) is 10.2 Å². The van der Waals surface area contributed by atoms with E-state index in [0.29, 0.717) is 0 Å². The first-order valence-electron chi connectivity index (χ1n) is 22.5. The van der Waals surface area contributed by atoms with Crippen LogP contribution in [0.1, 0.15) is 83.6 Å². The van der Waals surface area contributed by atoms with Crippen molar-refractivity contribution in [3.63, 3.8) is 0 Å². The van der Waals surface area contributed by atoms with Gasteiger partial charge in [0.2, 0.25) is 7.28 Å². The van der Waals surface area contributed by atoms with Crippen LogP contribution in [-0.2, 0) is 16.2 Å². The summed E-state index contributed by atoms with van der Waals surface area (Å²) in [7, 11) is 0.764. The van der Waals surface area contributed by atoms with Gasteiger partial charge < -0.3 is 14.2 Å². The highest BCUT2D eigenvalue weighted by Crippen LogP contribution is 2.53. The number of nitrogens with zero attached hydrogens (tertiary/aromatic N) is 1. The first-order chi connectivity index (χ1) is 30.2. The lowest BCUT2D eigenvalue weighted by molar-refractivity contribution is 0.332. The number of para-hydroxylation sites is 2. The predicted molar refractivity (Wildman–Crippen MR) is 271 cm³/mol. The Morgan fingerprint density at radius 2 is 1.24 bits per heavy atom. The monoisotopic (exact) mass is 838 g/mol. The van der Waals surface area contributed by atoms with E-state index >= 15 is 0 Å². The first kappa shape index (κ1) is 38.4. The zero-order valence-electron chi connectivity index (χ0n) is 37.4. The molecule has 3 aromatic heterocycles. The highest BCUT2D eigenvalue weighted by Gasteiger charge is 2.40. The second-order valence-corrected chi connectivity index (χ2v) is 21.5. The molecule has 0 fully saturated rings. The highest BCUT2D eigenvalue weighted by molar-refractivity contribution is 7.25. The average Bonchev–Trinajstić information content (AvgIpc) is 3.95. The number of anilines is 5. The average molecular weight is 839 g/mol. The number of benzene rings is 7. The van der Waals surface area contributed by atoms with Crippen molar-refractivity contribution in [2.45, 2.75) is 84.5 Å². The second-order valence-electron chi connectivity index (χ2n) is 20.5. The van der Waals surface area contributed by atoms with Crippen molar-refractivity contribution >= 4 is 111 Å². The molecule has 0 atom stereocenters. The maximum Gasteiger partial charge on any atom is 0.200 e. The van der Waals surface area contributed by atoms with Crippen molar-refractivity contribution in [1.82, 2.24) is 0 Å². The Balaban J connectivity index is 1.19. The van der Waals surface area contributed by atoms with Gasteiger partial charge in [0, 0.05) is 43.6 Å². The molecule has 0 bridgehead atoms. The van der Waals surface area contributed by atoms with Gasteiger partial charge in [-0.25, -0.2) is 0 Å². The molecule has 10 aromatic rings. The lowest BCUT2D eigenvalue weighted by Gasteiger charge is -2.43. The molecule has 12 rings (SSSR count). The van der Waals surface area contributed by atoms with E-state index in [1.54, 1.807) is 0 Å². The van der Waals surface area contributed by atoms with E-state index in [-0.39, 0.29) is 16.2 Å². The van der Waals surface area contributed by atoms with Crippen molar-refractivity contribution in [1.29, 1.82) is 0 Å². The molecule has 0 radical (unpaired) electrons. The molecule has 310 valence electrons. The minimum Gasteiger partial charge on any atom is -0.456 e. The van der Waals surface area contributed by atoms with Gasteiger partial charge in [-0.2, -0.15) is 0 Å². The van der Waals surface area contributed by atoms with Crippen LogP contribution in [0.15, 0.2) is 136 Å². The number of hydrogen-bond donors (Lipinski definition) is 1. The van der Waals surface area contributed by atoms with E-state index < -0.39 is 0 Å². The minimum atomic E-state index is 0.0415. The normalized spacial score (nSPS) is 15.5. The Morgan fingerprint density at radius 1 is 0.619 bits per heavy atom. The van der Waals surface area contributed by atoms with Gasteiger partial charge in [0.1, 0.15) is 16.7 Å². The zero-order chi connectivity index (χ0) is 43.2. The third kappa shape index (κ3) is 5.87. The van der Waals surface area contributed by atoms with E-state index in [2.05, 4.69) is 193 Å². The van der Waals surface area contributed by atoms with E-state index in [9.17, 15) is 0 Å². The molecule has 0 saturated carbocycles. The molecule has 2 aliphatic rings. The number of hydrogen-bond acceptors (Lipinski definition) is 5. The lowest BCUT2D eigenvalue weighted by atomic mass is 9.58. The number of fused-ring (bicyclic) bond motifs is 12. The van der Waals surface area contributed by atoms with Crippen molar-refractivity contribution in [3.8, 4) is 11.1 Å². The molecule has 0 saturated heterocycles. The Labute approximate surface area is 373 Å². The highest BCUT2D eigenvalue weighted by atomic mass is 32.1. The quantitative estimate of drug-likeness (QED) is 0.179. The molecule has 1 aliphatic heterocycles. The number of thiophene rings is 1. The first-order valence-corrected chi connectivity index (χ1v) is 23.3. The summed E-state index contributed by atoms with van der Waals surface area (Å²) in [6.07, 6.45) is 2.33. The van der Waals surface area contributed by atoms with Gasteiger partial charge in [-0.3, -0.25) is 4.90 Å². The summed E-state index contributed by atoms with van der Waals surface area (Å²) in [4.78, 5) is 2.60. The lowest BCUT2D eigenvalue weighted by Crippen LogP contribution is -2.40. The minimum absolute atomic E-state index is 0.0415. The summed E-state index contributed by atoms with van der Waals surface area (Å²) in [5, 5.41) is 11.0. The Morgan fingerprint density at radius 3 is 1.95 bits per heavy atom. The van der Waals surface area contributed by atoms with E-state index in [4.69, 9.17) is 8.83 Å². The van der Waals surface area contributed by atoms with Crippen LogP contribution < -0.4 is 21.1 Å². The summed E-state index contributed by atoms with van der Waals surface area (Å²) >= 11 is 1.90. The van der Waals surface area contributed by atoms with Gasteiger partial charge in [-0.1, -0.05) is 121 Å². The van der Waals surface area contributed by atoms with Crippen LogP contribution in [0.4, 0.5) is 27.8 Å². The zero-order valence-corrected chi connectivity index (χ0v) is 38.2. The largest absolute Gasteiger partial charge is 0.456 e. The molecule has 1 aliphatic carbocycles. The molecule has 4 nitrogen and oxygen atoms in total. The molecule has 0 unspecified atom stereocenters. The summed E-state index contributed by atoms with van der Waals surface area (Å²) in [5.74, 6) is 0.